The number of hydrogen-bond acceptors (Lipinski definition) is 3. The molecule has 1 fully saturated rings. The number of rotatable bonds is 2. The molecule has 3 aliphatic rings. The van der Waals surface area contributed by atoms with Crippen LogP contribution in [0.3, 0.4) is 0 Å². The molecule has 1 saturated carbocycles. The molecule has 0 N–H and O–H groups in total. The van der Waals surface area contributed by atoms with Gasteiger partial charge >= 0.3 is 0 Å². The maximum atomic E-state index is 11.9. The molecular formula is C11H16O3. The first-order valence-electron chi connectivity index (χ1n) is 5.00. The van der Waals surface area contributed by atoms with Crippen molar-refractivity contribution in [2.24, 2.45) is 0 Å². The summed E-state index contributed by atoms with van der Waals surface area (Å²) >= 11 is 0. The Labute approximate surface area is 84.1 Å². The van der Waals surface area contributed by atoms with Crippen molar-refractivity contribution in [2.75, 3.05) is 14.2 Å². The van der Waals surface area contributed by atoms with Gasteiger partial charge in [-0.2, -0.15) is 0 Å². The SMILES string of the molecule is COC12C=CC(OC)(CC1)C(=O)CC2. The van der Waals surface area contributed by atoms with Crippen LogP contribution in [0.25, 0.3) is 0 Å². The molecule has 78 valence electrons. The Kier molecular flexibility index (Phi) is 2.24. The molecule has 0 heterocycles. The van der Waals surface area contributed by atoms with Crippen LogP contribution in [0.2, 0.25) is 0 Å². The van der Waals surface area contributed by atoms with Crippen molar-refractivity contribution in [3.8, 4) is 0 Å². The molecule has 2 unspecified atom stereocenters. The van der Waals surface area contributed by atoms with E-state index in [9.17, 15) is 4.79 Å². The number of methoxy groups -OCH3 is 2. The minimum atomic E-state index is -0.654. The maximum Gasteiger partial charge on any atom is 0.168 e. The van der Waals surface area contributed by atoms with Gasteiger partial charge in [0.2, 0.25) is 0 Å². The molecule has 3 nitrogen and oxygen atoms in total. The van der Waals surface area contributed by atoms with Crippen LogP contribution in [0.5, 0.6) is 0 Å². The minimum Gasteiger partial charge on any atom is -0.374 e. The molecular weight excluding hydrogens is 180 g/mol. The Morgan fingerprint density at radius 1 is 1.14 bits per heavy atom. The minimum absolute atomic E-state index is 0.188. The Morgan fingerprint density at radius 2 is 1.93 bits per heavy atom. The zero-order chi connectivity index (χ0) is 10.2. The first kappa shape index (κ1) is 9.87. The quantitative estimate of drug-likeness (QED) is 0.627. The molecule has 0 spiro atoms. The summed E-state index contributed by atoms with van der Waals surface area (Å²) in [5.74, 6) is 0.188. The normalized spacial score (nSPS) is 41.4. The average molecular weight is 196 g/mol. The highest BCUT2D eigenvalue weighted by Crippen LogP contribution is 2.41. The predicted molar refractivity (Wildman–Crippen MR) is 52.1 cm³/mol. The van der Waals surface area contributed by atoms with Gasteiger partial charge in [-0.15, -0.1) is 0 Å². The number of ether oxygens (including phenoxy) is 2. The van der Waals surface area contributed by atoms with Gasteiger partial charge in [0, 0.05) is 20.6 Å². The fraction of sp³-hybridized carbons (Fsp3) is 0.727. The van der Waals surface area contributed by atoms with Gasteiger partial charge in [0.25, 0.3) is 0 Å². The highest BCUT2D eigenvalue weighted by Gasteiger charge is 2.47. The molecule has 2 atom stereocenters. The van der Waals surface area contributed by atoms with E-state index in [0.717, 1.165) is 19.3 Å². The van der Waals surface area contributed by atoms with Gasteiger partial charge in [-0.3, -0.25) is 4.79 Å². The third-order valence-corrected chi connectivity index (χ3v) is 3.59. The van der Waals surface area contributed by atoms with Gasteiger partial charge in [0.1, 0.15) is 5.60 Å². The fourth-order valence-electron chi connectivity index (χ4n) is 2.38. The second-order valence-electron chi connectivity index (χ2n) is 4.12. The van der Waals surface area contributed by atoms with Crippen LogP contribution in [0.15, 0.2) is 12.2 Å². The second kappa shape index (κ2) is 3.17. The molecule has 0 aromatic heterocycles. The number of fused-ring (bicyclic) bond motifs is 3. The monoisotopic (exact) mass is 196 g/mol. The summed E-state index contributed by atoms with van der Waals surface area (Å²) < 4.78 is 10.8. The first-order chi connectivity index (χ1) is 6.66. The summed E-state index contributed by atoms with van der Waals surface area (Å²) in [6.07, 6.45) is 6.84. The van der Waals surface area contributed by atoms with E-state index in [4.69, 9.17) is 9.47 Å². The van der Waals surface area contributed by atoms with E-state index in [-0.39, 0.29) is 11.4 Å². The predicted octanol–water partition coefficient (Wildman–Crippen LogP) is 1.47. The zero-order valence-corrected chi connectivity index (χ0v) is 8.71. The van der Waals surface area contributed by atoms with Crippen molar-refractivity contribution in [1.29, 1.82) is 0 Å². The molecule has 0 aromatic carbocycles. The molecule has 14 heavy (non-hydrogen) atoms. The summed E-state index contributed by atoms with van der Waals surface area (Å²) in [6.45, 7) is 0. The molecule has 0 radical (unpaired) electrons. The zero-order valence-electron chi connectivity index (χ0n) is 8.71. The van der Waals surface area contributed by atoms with Gasteiger partial charge in [0.05, 0.1) is 5.60 Å². The fourth-order valence-corrected chi connectivity index (χ4v) is 2.38. The summed E-state index contributed by atoms with van der Waals surface area (Å²) in [4.78, 5) is 11.9. The van der Waals surface area contributed by atoms with E-state index in [1.165, 1.54) is 0 Å². The van der Waals surface area contributed by atoms with E-state index >= 15 is 0 Å². The summed E-state index contributed by atoms with van der Waals surface area (Å²) in [5.41, 5.74) is -0.868. The molecule has 3 rings (SSSR count). The van der Waals surface area contributed by atoms with Crippen LogP contribution in [-0.4, -0.2) is 31.2 Å². The van der Waals surface area contributed by atoms with Crippen LogP contribution < -0.4 is 0 Å². The number of carbonyl (C=O) groups excluding carboxylic acids is 1. The number of Topliss-reactive ketones (excluding diaryl/α,β-unsaturated/α-hetero) is 1. The molecule has 0 amide bonds. The maximum absolute atomic E-state index is 11.9. The third kappa shape index (κ3) is 1.23. The molecule has 0 aliphatic heterocycles. The van der Waals surface area contributed by atoms with Gasteiger partial charge in [-0.05, 0) is 25.3 Å². The molecule has 2 bridgehead atoms. The number of carbonyl (C=O) groups is 1. The topological polar surface area (TPSA) is 35.5 Å². The molecule has 3 aliphatic carbocycles. The van der Waals surface area contributed by atoms with Crippen LogP contribution in [-0.2, 0) is 14.3 Å². The summed E-state index contributed by atoms with van der Waals surface area (Å²) in [6, 6.07) is 0. The second-order valence-corrected chi connectivity index (χ2v) is 4.12. The van der Waals surface area contributed by atoms with Crippen LogP contribution >= 0.6 is 0 Å². The van der Waals surface area contributed by atoms with Crippen LogP contribution in [0, 0.1) is 0 Å². The number of hydrogen-bond donors (Lipinski definition) is 0. The van der Waals surface area contributed by atoms with Gasteiger partial charge in [-0.1, -0.05) is 6.08 Å². The lowest BCUT2D eigenvalue weighted by Crippen LogP contribution is -2.41. The van der Waals surface area contributed by atoms with Crippen molar-refractivity contribution in [3.63, 3.8) is 0 Å². The number of ketones is 1. The summed E-state index contributed by atoms with van der Waals surface area (Å²) in [7, 11) is 3.31. The average Bonchev–Trinajstić information content (AvgIpc) is 2.47. The standard InChI is InChI=1S/C11H16O3/c1-13-10-4-3-9(12)11(14-2,7-5-10)8-6-10/h5,7H,3-4,6,8H2,1-2H3. The van der Waals surface area contributed by atoms with Crippen molar-refractivity contribution in [3.05, 3.63) is 12.2 Å². The summed E-state index contributed by atoms with van der Waals surface area (Å²) in [5, 5.41) is 0. The highest BCUT2D eigenvalue weighted by atomic mass is 16.5. The van der Waals surface area contributed by atoms with Gasteiger partial charge in [0.15, 0.2) is 5.78 Å². The lowest BCUT2D eigenvalue weighted by atomic mass is 9.84. The van der Waals surface area contributed by atoms with E-state index < -0.39 is 5.60 Å². The van der Waals surface area contributed by atoms with Gasteiger partial charge < -0.3 is 9.47 Å². The largest absolute Gasteiger partial charge is 0.374 e. The van der Waals surface area contributed by atoms with Crippen molar-refractivity contribution < 1.29 is 14.3 Å². The Bertz CT molecular complexity index is 284. The molecule has 0 saturated heterocycles. The van der Waals surface area contributed by atoms with Gasteiger partial charge in [-0.25, -0.2) is 0 Å². The van der Waals surface area contributed by atoms with E-state index in [1.54, 1.807) is 14.2 Å². The van der Waals surface area contributed by atoms with Crippen LogP contribution in [0.1, 0.15) is 25.7 Å². The van der Waals surface area contributed by atoms with Crippen molar-refractivity contribution in [1.82, 2.24) is 0 Å². The Morgan fingerprint density at radius 3 is 2.43 bits per heavy atom. The van der Waals surface area contributed by atoms with E-state index in [2.05, 4.69) is 0 Å². The first-order valence-corrected chi connectivity index (χ1v) is 5.00. The Hall–Kier alpha value is -0.670. The lowest BCUT2D eigenvalue weighted by molar-refractivity contribution is -0.135. The molecule has 3 heteroatoms. The van der Waals surface area contributed by atoms with Crippen LogP contribution in [0.4, 0.5) is 0 Å². The highest BCUT2D eigenvalue weighted by molar-refractivity contribution is 5.90. The molecule has 0 aromatic rings. The lowest BCUT2D eigenvalue weighted by Gasteiger charge is -2.34. The van der Waals surface area contributed by atoms with E-state index in [0.29, 0.717) is 6.42 Å². The third-order valence-electron chi connectivity index (χ3n) is 3.59. The smallest absolute Gasteiger partial charge is 0.168 e. The van der Waals surface area contributed by atoms with Crippen molar-refractivity contribution in [2.45, 2.75) is 36.9 Å². The van der Waals surface area contributed by atoms with Crippen molar-refractivity contribution >= 4 is 5.78 Å². The van der Waals surface area contributed by atoms with E-state index in [1.807, 2.05) is 12.2 Å². The Balaban J connectivity index is 2.36.